The van der Waals surface area contributed by atoms with Crippen LogP contribution in [0.25, 0.3) is 0 Å². The molecule has 0 aromatic carbocycles. The molecule has 7 heteroatoms. The molecule has 1 fully saturated rings. The summed E-state index contributed by atoms with van der Waals surface area (Å²) in [6, 6.07) is 0. The van der Waals surface area contributed by atoms with Crippen LogP contribution >= 0.6 is 0 Å². The van der Waals surface area contributed by atoms with E-state index in [1.807, 2.05) is 19.0 Å². The summed E-state index contributed by atoms with van der Waals surface area (Å²) in [6.45, 7) is 1.22. The van der Waals surface area contributed by atoms with Gasteiger partial charge in [0.2, 0.25) is 5.91 Å². The maximum Gasteiger partial charge on any atom is 0.253 e. The number of hydrazine groups is 1. The Hall–Kier alpha value is -1.63. The van der Waals surface area contributed by atoms with E-state index in [2.05, 4.69) is 10.7 Å². The standard InChI is InChI=1S/C10H18N4O3/c1-13(2)5-4-11-8(15)6-7-9(16)12-14(3)10(7)17/h7H,4-6H2,1-3H3,(H,11,15)(H,12,16). The number of hydrogen-bond acceptors (Lipinski definition) is 4. The van der Waals surface area contributed by atoms with Crippen LogP contribution < -0.4 is 10.7 Å². The summed E-state index contributed by atoms with van der Waals surface area (Å²) in [5.41, 5.74) is 2.35. The molecule has 7 nitrogen and oxygen atoms in total. The molecular weight excluding hydrogens is 224 g/mol. The molecule has 0 radical (unpaired) electrons. The van der Waals surface area contributed by atoms with Crippen molar-refractivity contribution in [2.75, 3.05) is 34.2 Å². The molecule has 3 amide bonds. The van der Waals surface area contributed by atoms with Gasteiger partial charge in [0, 0.05) is 26.6 Å². The second-order valence-electron chi connectivity index (χ2n) is 4.28. The lowest BCUT2D eigenvalue weighted by molar-refractivity contribution is -0.135. The zero-order chi connectivity index (χ0) is 13.0. The Balaban J connectivity index is 2.36. The second-order valence-corrected chi connectivity index (χ2v) is 4.28. The third kappa shape index (κ3) is 3.70. The number of nitrogens with zero attached hydrogens (tertiary/aromatic N) is 2. The fourth-order valence-corrected chi connectivity index (χ4v) is 1.50. The van der Waals surface area contributed by atoms with Gasteiger partial charge < -0.3 is 10.2 Å². The van der Waals surface area contributed by atoms with Crippen molar-refractivity contribution in [2.24, 2.45) is 5.92 Å². The van der Waals surface area contributed by atoms with Gasteiger partial charge in [-0.1, -0.05) is 0 Å². The molecule has 0 bridgehead atoms. The quantitative estimate of drug-likeness (QED) is 0.556. The highest BCUT2D eigenvalue weighted by Gasteiger charge is 2.38. The van der Waals surface area contributed by atoms with E-state index >= 15 is 0 Å². The van der Waals surface area contributed by atoms with Crippen LogP contribution in [0.3, 0.4) is 0 Å². The highest BCUT2D eigenvalue weighted by Crippen LogP contribution is 2.12. The van der Waals surface area contributed by atoms with Crippen LogP contribution in [0.15, 0.2) is 0 Å². The van der Waals surface area contributed by atoms with Crippen molar-refractivity contribution >= 4 is 17.7 Å². The molecular formula is C10H18N4O3. The van der Waals surface area contributed by atoms with Gasteiger partial charge in [-0.2, -0.15) is 0 Å². The van der Waals surface area contributed by atoms with Gasteiger partial charge in [-0.25, -0.2) is 0 Å². The number of amides is 3. The van der Waals surface area contributed by atoms with Crippen LogP contribution in [-0.4, -0.2) is 61.9 Å². The lowest BCUT2D eigenvalue weighted by Gasteiger charge is -2.11. The Kier molecular flexibility index (Phi) is 4.45. The van der Waals surface area contributed by atoms with E-state index in [1.165, 1.54) is 7.05 Å². The number of hydrogen-bond donors (Lipinski definition) is 2. The molecule has 2 N–H and O–H groups in total. The predicted octanol–water partition coefficient (Wildman–Crippen LogP) is -1.83. The highest BCUT2D eigenvalue weighted by atomic mass is 16.2. The third-order valence-electron chi connectivity index (χ3n) is 2.49. The lowest BCUT2D eigenvalue weighted by atomic mass is 10.1. The van der Waals surface area contributed by atoms with Gasteiger partial charge in [-0.05, 0) is 14.1 Å². The molecule has 0 aromatic heterocycles. The minimum atomic E-state index is -0.889. The average Bonchev–Trinajstić information content (AvgIpc) is 2.44. The van der Waals surface area contributed by atoms with Crippen LogP contribution in [0.1, 0.15) is 6.42 Å². The van der Waals surface area contributed by atoms with E-state index in [4.69, 9.17) is 0 Å². The summed E-state index contributed by atoms with van der Waals surface area (Å²) in [4.78, 5) is 36.3. The van der Waals surface area contributed by atoms with Gasteiger partial charge in [0.25, 0.3) is 11.8 Å². The highest BCUT2D eigenvalue weighted by molar-refractivity contribution is 6.07. The first-order valence-electron chi connectivity index (χ1n) is 5.41. The first-order valence-corrected chi connectivity index (χ1v) is 5.41. The van der Waals surface area contributed by atoms with Gasteiger partial charge in [0.1, 0.15) is 5.92 Å². The van der Waals surface area contributed by atoms with Crippen molar-refractivity contribution in [1.82, 2.24) is 20.7 Å². The SMILES string of the molecule is CN(C)CCNC(=O)CC1C(=O)NN(C)C1=O. The Morgan fingerprint density at radius 2 is 2.12 bits per heavy atom. The Morgan fingerprint density at radius 1 is 1.47 bits per heavy atom. The molecule has 1 unspecified atom stereocenters. The molecule has 1 heterocycles. The van der Waals surface area contributed by atoms with Crippen molar-refractivity contribution in [3.63, 3.8) is 0 Å². The lowest BCUT2D eigenvalue weighted by Crippen LogP contribution is -2.34. The predicted molar refractivity (Wildman–Crippen MR) is 60.6 cm³/mol. The maximum atomic E-state index is 11.5. The summed E-state index contributed by atoms with van der Waals surface area (Å²) in [5.74, 6) is -1.95. The largest absolute Gasteiger partial charge is 0.355 e. The minimum Gasteiger partial charge on any atom is -0.355 e. The molecule has 1 aliphatic rings. The van der Waals surface area contributed by atoms with Gasteiger partial charge in [-0.15, -0.1) is 0 Å². The number of rotatable bonds is 5. The van der Waals surface area contributed by atoms with Crippen molar-refractivity contribution < 1.29 is 14.4 Å². The van der Waals surface area contributed by atoms with Crippen molar-refractivity contribution in [2.45, 2.75) is 6.42 Å². The molecule has 1 saturated heterocycles. The zero-order valence-electron chi connectivity index (χ0n) is 10.3. The number of carbonyl (C=O) groups excluding carboxylic acids is 3. The topological polar surface area (TPSA) is 81.8 Å². The van der Waals surface area contributed by atoms with E-state index in [-0.39, 0.29) is 18.2 Å². The molecule has 1 atom stereocenters. The van der Waals surface area contributed by atoms with Crippen LogP contribution in [0.2, 0.25) is 0 Å². The van der Waals surface area contributed by atoms with Crippen molar-refractivity contribution in [3.8, 4) is 0 Å². The number of carbonyl (C=O) groups is 3. The van der Waals surface area contributed by atoms with Crippen LogP contribution in [-0.2, 0) is 14.4 Å². The van der Waals surface area contributed by atoms with E-state index in [1.54, 1.807) is 0 Å². The summed E-state index contributed by atoms with van der Waals surface area (Å²) < 4.78 is 0. The zero-order valence-corrected chi connectivity index (χ0v) is 10.3. The van der Waals surface area contributed by atoms with Gasteiger partial charge in [0.15, 0.2) is 0 Å². The average molecular weight is 242 g/mol. The van der Waals surface area contributed by atoms with Crippen molar-refractivity contribution in [1.29, 1.82) is 0 Å². The minimum absolute atomic E-state index is 0.0948. The number of nitrogens with one attached hydrogen (secondary N) is 2. The summed E-state index contributed by atoms with van der Waals surface area (Å²) in [6.07, 6.45) is -0.0948. The number of likely N-dealkylation sites (N-methyl/N-ethyl adjacent to an activating group) is 1. The normalized spacial score (nSPS) is 19.8. The molecule has 0 saturated carbocycles. The van der Waals surface area contributed by atoms with Crippen molar-refractivity contribution in [3.05, 3.63) is 0 Å². The van der Waals surface area contributed by atoms with Crippen LogP contribution in [0.5, 0.6) is 0 Å². The third-order valence-corrected chi connectivity index (χ3v) is 2.49. The van der Waals surface area contributed by atoms with E-state index in [0.717, 1.165) is 11.6 Å². The Labute approximate surface area is 100 Å². The summed E-state index contributed by atoms with van der Waals surface area (Å²) in [5, 5.41) is 3.78. The Morgan fingerprint density at radius 3 is 2.59 bits per heavy atom. The van der Waals surface area contributed by atoms with E-state index in [0.29, 0.717) is 6.54 Å². The summed E-state index contributed by atoms with van der Waals surface area (Å²) in [7, 11) is 5.26. The maximum absolute atomic E-state index is 11.5. The van der Waals surface area contributed by atoms with Gasteiger partial charge in [-0.3, -0.25) is 24.8 Å². The molecule has 17 heavy (non-hydrogen) atoms. The first-order chi connectivity index (χ1) is 7.91. The Bertz CT molecular complexity index is 330. The molecule has 1 aliphatic heterocycles. The first kappa shape index (κ1) is 13.4. The second kappa shape index (κ2) is 5.62. The van der Waals surface area contributed by atoms with E-state index in [9.17, 15) is 14.4 Å². The molecule has 0 aromatic rings. The fraction of sp³-hybridized carbons (Fsp3) is 0.700. The van der Waals surface area contributed by atoms with Crippen LogP contribution in [0, 0.1) is 5.92 Å². The van der Waals surface area contributed by atoms with Gasteiger partial charge in [0.05, 0.1) is 0 Å². The monoisotopic (exact) mass is 242 g/mol. The molecule has 0 spiro atoms. The molecule has 1 rings (SSSR count). The molecule has 0 aliphatic carbocycles. The molecule has 96 valence electrons. The van der Waals surface area contributed by atoms with Crippen LogP contribution in [0.4, 0.5) is 0 Å². The van der Waals surface area contributed by atoms with E-state index < -0.39 is 11.8 Å². The smallest absolute Gasteiger partial charge is 0.253 e. The fourth-order valence-electron chi connectivity index (χ4n) is 1.50. The van der Waals surface area contributed by atoms with Gasteiger partial charge >= 0.3 is 0 Å². The summed E-state index contributed by atoms with van der Waals surface area (Å²) >= 11 is 0.